The summed E-state index contributed by atoms with van der Waals surface area (Å²) >= 11 is 0. The van der Waals surface area contributed by atoms with Crippen molar-refractivity contribution in [1.29, 1.82) is 0 Å². The van der Waals surface area contributed by atoms with Gasteiger partial charge < -0.3 is 0 Å². The first-order chi connectivity index (χ1) is 6.70. The zero-order chi connectivity index (χ0) is 10.8. The smallest absolute Gasteiger partial charge is 0.0141 e. The third-order valence-corrected chi connectivity index (χ3v) is 2.01. The maximum Gasteiger partial charge on any atom is -0.0141 e. The van der Waals surface area contributed by atoms with E-state index in [1.165, 1.54) is 11.1 Å². The zero-order valence-corrected chi connectivity index (χ0v) is 9.55. The molecule has 0 fully saturated rings. The lowest BCUT2D eigenvalue weighted by Crippen LogP contribution is -1.82. The number of hydrogen-bond donors (Lipinski definition) is 0. The first-order valence-electron chi connectivity index (χ1n) is 5.25. The molecule has 0 aromatic heterocycles. The molecule has 14 heavy (non-hydrogen) atoms. The molecule has 0 aliphatic rings. The van der Waals surface area contributed by atoms with Crippen molar-refractivity contribution in [2.24, 2.45) is 0 Å². The summed E-state index contributed by atoms with van der Waals surface area (Å²) in [5.41, 5.74) is 2.69. The van der Waals surface area contributed by atoms with E-state index in [0.717, 1.165) is 25.7 Å². The monoisotopic (exact) mass is 190 g/mol. The Morgan fingerprint density at radius 3 is 2.50 bits per heavy atom. The lowest BCUT2D eigenvalue weighted by Gasteiger charge is -2.02. The maximum atomic E-state index is 3.90. The van der Waals surface area contributed by atoms with Gasteiger partial charge in [-0.1, -0.05) is 42.0 Å². The van der Waals surface area contributed by atoms with E-state index in [0.29, 0.717) is 0 Å². The van der Waals surface area contributed by atoms with Crippen LogP contribution < -0.4 is 0 Å². The molecule has 0 aromatic carbocycles. The van der Waals surface area contributed by atoms with Crippen LogP contribution in [0.1, 0.15) is 39.5 Å². The van der Waals surface area contributed by atoms with Crippen LogP contribution in [0.15, 0.2) is 48.6 Å². The summed E-state index contributed by atoms with van der Waals surface area (Å²) in [7, 11) is 0. The molecule has 0 aromatic rings. The topological polar surface area (TPSA) is 0 Å². The Labute approximate surface area is 88.7 Å². The van der Waals surface area contributed by atoms with Gasteiger partial charge in [0.1, 0.15) is 0 Å². The highest BCUT2D eigenvalue weighted by molar-refractivity contribution is 5.11. The molecule has 0 saturated carbocycles. The van der Waals surface area contributed by atoms with Crippen molar-refractivity contribution in [3.63, 3.8) is 0 Å². The van der Waals surface area contributed by atoms with E-state index in [1.807, 2.05) is 6.08 Å². The van der Waals surface area contributed by atoms with Crippen LogP contribution in [0.4, 0.5) is 0 Å². The molecule has 0 atom stereocenters. The molecule has 78 valence electrons. The largest absolute Gasteiger partial charge is 0.103 e. The van der Waals surface area contributed by atoms with Crippen LogP contribution in [0.25, 0.3) is 0 Å². The van der Waals surface area contributed by atoms with Crippen LogP contribution in [0, 0.1) is 0 Å². The van der Waals surface area contributed by atoms with Crippen molar-refractivity contribution in [1.82, 2.24) is 0 Å². The Morgan fingerprint density at radius 2 is 2.00 bits per heavy atom. The summed E-state index contributed by atoms with van der Waals surface area (Å²) in [5.74, 6) is 0. The molecular formula is C14H22. The van der Waals surface area contributed by atoms with Crippen molar-refractivity contribution in [2.75, 3.05) is 0 Å². The van der Waals surface area contributed by atoms with Crippen LogP contribution in [0.5, 0.6) is 0 Å². The van der Waals surface area contributed by atoms with E-state index in [-0.39, 0.29) is 0 Å². The van der Waals surface area contributed by atoms with Gasteiger partial charge in [0.05, 0.1) is 0 Å². The average molecular weight is 190 g/mol. The Bertz CT molecular complexity index is 228. The van der Waals surface area contributed by atoms with Crippen molar-refractivity contribution < 1.29 is 0 Å². The van der Waals surface area contributed by atoms with Crippen molar-refractivity contribution in [2.45, 2.75) is 39.5 Å². The second-order valence-corrected chi connectivity index (χ2v) is 3.62. The Balaban J connectivity index is 4.05. The molecule has 0 N–H and O–H groups in total. The second kappa shape index (κ2) is 8.55. The zero-order valence-electron chi connectivity index (χ0n) is 9.55. The highest BCUT2D eigenvalue weighted by Crippen LogP contribution is 2.13. The summed E-state index contributed by atoms with van der Waals surface area (Å²) < 4.78 is 0. The molecule has 0 amide bonds. The predicted octanol–water partition coefficient (Wildman–Crippen LogP) is 4.81. The Morgan fingerprint density at radius 1 is 1.29 bits per heavy atom. The fourth-order valence-corrected chi connectivity index (χ4v) is 1.23. The van der Waals surface area contributed by atoms with Crippen LogP contribution >= 0.6 is 0 Å². The summed E-state index contributed by atoms with van der Waals surface area (Å²) in [5, 5.41) is 0. The maximum absolute atomic E-state index is 3.90. The average Bonchev–Trinajstić information content (AvgIpc) is 2.14. The van der Waals surface area contributed by atoms with Gasteiger partial charge in [-0.05, 0) is 39.5 Å². The van der Waals surface area contributed by atoms with E-state index >= 15 is 0 Å². The first kappa shape index (κ1) is 13.0. The fourth-order valence-electron chi connectivity index (χ4n) is 1.23. The number of allylic oxidation sites excluding steroid dienone is 6. The molecule has 0 unspecified atom stereocenters. The van der Waals surface area contributed by atoms with Crippen LogP contribution in [0.3, 0.4) is 0 Å². The van der Waals surface area contributed by atoms with Crippen molar-refractivity contribution in [3.05, 3.63) is 48.6 Å². The molecular weight excluding hydrogens is 168 g/mol. The molecule has 0 aliphatic heterocycles. The highest BCUT2D eigenvalue weighted by atomic mass is 14.0. The highest BCUT2D eigenvalue weighted by Gasteiger charge is 1.93. The number of rotatable bonds is 7. The molecule has 0 heterocycles. The standard InChI is InChI=1S/C14H22/c1-5-7-8-10-14(9-6-2)12-11-13(3)4/h5-7,12H,2-3,8-11H2,1,4H3. The van der Waals surface area contributed by atoms with E-state index < -0.39 is 0 Å². The molecule has 0 radical (unpaired) electrons. The summed E-state index contributed by atoms with van der Waals surface area (Å²) in [6.07, 6.45) is 12.8. The molecule has 0 saturated heterocycles. The van der Waals surface area contributed by atoms with Gasteiger partial charge in [0.15, 0.2) is 0 Å². The summed E-state index contributed by atoms with van der Waals surface area (Å²) in [6, 6.07) is 0. The molecule has 0 spiro atoms. The quantitative estimate of drug-likeness (QED) is 0.505. The molecule has 0 heteroatoms. The molecule has 0 nitrogen and oxygen atoms in total. The van der Waals surface area contributed by atoms with E-state index in [9.17, 15) is 0 Å². The minimum absolute atomic E-state index is 0.999. The first-order valence-corrected chi connectivity index (χ1v) is 5.25. The van der Waals surface area contributed by atoms with Gasteiger partial charge in [-0.2, -0.15) is 0 Å². The van der Waals surface area contributed by atoms with Gasteiger partial charge in [0, 0.05) is 0 Å². The summed E-state index contributed by atoms with van der Waals surface area (Å²) in [4.78, 5) is 0. The minimum atomic E-state index is 0.999. The van der Waals surface area contributed by atoms with E-state index in [4.69, 9.17) is 0 Å². The Hall–Kier alpha value is -1.04. The normalized spacial score (nSPS) is 12.0. The fraction of sp³-hybridized carbons (Fsp3) is 0.429. The van der Waals surface area contributed by atoms with Crippen LogP contribution in [-0.4, -0.2) is 0 Å². The van der Waals surface area contributed by atoms with Gasteiger partial charge in [-0.3, -0.25) is 0 Å². The predicted molar refractivity (Wildman–Crippen MR) is 66.4 cm³/mol. The van der Waals surface area contributed by atoms with E-state index in [2.05, 4.69) is 45.2 Å². The minimum Gasteiger partial charge on any atom is -0.103 e. The molecule has 0 bridgehead atoms. The van der Waals surface area contributed by atoms with Gasteiger partial charge in [-0.25, -0.2) is 0 Å². The third-order valence-electron chi connectivity index (χ3n) is 2.01. The lowest BCUT2D eigenvalue weighted by molar-refractivity contribution is 0.926. The van der Waals surface area contributed by atoms with Gasteiger partial charge in [0.25, 0.3) is 0 Å². The lowest BCUT2D eigenvalue weighted by atomic mass is 10.0. The van der Waals surface area contributed by atoms with Gasteiger partial charge >= 0.3 is 0 Å². The van der Waals surface area contributed by atoms with Crippen molar-refractivity contribution in [3.8, 4) is 0 Å². The number of hydrogen-bond acceptors (Lipinski definition) is 0. The molecule has 0 rings (SSSR count). The molecule has 0 aliphatic carbocycles. The summed E-state index contributed by atoms with van der Waals surface area (Å²) in [6.45, 7) is 11.8. The third kappa shape index (κ3) is 7.60. The van der Waals surface area contributed by atoms with Crippen LogP contribution in [0.2, 0.25) is 0 Å². The van der Waals surface area contributed by atoms with Crippen LogP contribution in [-0.2, 0) is 0 Å². The van der Waals surface area contributed by atoms with Gasteiger partial charge in [0.2, 0.25) is 0 Å². The van der Waals surface area contributed by atoms with Gasteiger partial charge in [-0.15, -0.1) is 6.58 Å². The van der Waals surface area contributed by atoms with E-state index in [1.54, 1.807) is 0 Å². The second-order valence-electron chi connectivity index (χ2n) is 3.62. The Kier molecular flexibility index (Phi) is 7.92. The van der Waals surface area contributed by atoms with Crippen molar-refractivity contribution >= 4 is 0 Å². The SMILES string of the molecule is C=CCC(=CCC(=C)C)CCC=CC.